The molecule has 0 saturated heterocycles. The van der Waals surface area contributed by atoms with Crippen LogP contribution in [0.3, 0.4) is 0 Å². The van der Waals surface area contributed by atoms with Crippen LogP contribution < -0.4 is 4.72 Å². The first-order valence-electron chi connectivity index (χ1n) is 5.74. The lowest BCUT2D eigenvalue weighted by Crippen LogP contribution is -2.27. The molecule has 0 fully saturated rings. The zero-order valence-corrected chi connectivity index (χ0v) is 11.4. The lowest BCUT2D eigenvalue weighted by molar-refractivity contribution is 0.0691. The number of carboxylic acids is 1. The Morgan fingerprint density at radius 1 is 1.43 bits per heavy atom. The normalized spacial score (nSPS) is 11.5. The number of aromatic carboxylic acids is 1. The molecular formula is C11H11FN4O4S. The molecule has 2 rings (SSSR count). The van der Waals surface area contributed by atoms with E-state index in [1.165, 1.54) is 17.1 Å². The van der Waals surface area contributed by atoms with Crippen LogP contribution in [0.25, 0.3) is 0 Å². The minimum absolute atomic E-state index is 0.00569. The van der Waals surface area contributed by atoms with E-state index in [9.17, 15) is 17.6 Å². The molecule has 8 nitrogen and oxygen atoms in total. The van der Waals surface area contributed by atoms with E-state index >= 15 is 0 Å². The maximum Gasteiger partial charge on any atom is 0.356 e. The van der Waals surface area contributed by atoms with Crippen molar-refractivity contribution in [3.63, 3.8) is 0 Å². The third kappa shape index (κ3) is 3.83. The quantitative estimate of drug-likeness (QED) is 0.781. The number of carboxylic acid groups (broad SMARTS) is 1. The molecule has 0 aromatic carbocycles. The Bertz CT molecular complexity index is 759. The minimum Gasteiger partial charge on any atom is -0.476 e. The predicted octanol–water partition coefficient (Wildman–Crippen LogP) is 0.0939. The van der Waals surface area contributed by atoms with Crippen LogP contribution >= 0.6 is 0 Å². The van der Waals surface area contributed by atoms with Crippen LogP contribution in [0.2, 0.25) is 0 Å². The summed E-state index contributed by atoms with van der Waals surface area (Å²) in [6.07, 6.45) is 4.49. The molecule has 112 valence electrons. The van der Waals surface area contributed by atoms with Crippen molar-refractivity contribution in [2.75, 3.05) is 6.54 Å². The highest BCUT2D eigenvalue weighted by Gasteiger charge is 2.15. The van der Waals surface area contributed by atoms with Gasteiger partial charge in [-0.05, 0) is 6.07 Å². The number of nitrogens with zero attached hydrogens (tertiary/aromatic N) is 3. The van der Waals surface area contributed by atoms with Gasteiger partial charge in [0.1, 0.15) is 10.7 Å². The molecule has 2 aromatic heterocycles. The summed E-state index contributed by atoms with van der Waals surface area (Å²) in [6.45, 7) is 0.177. The molecule has 0 amide bonds. The van der Waals surface area contributed by atoms with Gasteiger partial charge in [-0.1, -0.05) is 0 Å². The number of pyridine rings is 1. The molecule has 21 heavy (non-hydrogen) atoms. The summed E-state index contributed by atoms with van der Waals surface area (Å²) in [4.78, 5) is 17.4. The molecule has 0 saturated carbocycles. The van der Waals surface area contributed by atoms with E-state index in [0.29, 0.717) is 0 Å². The van der Waals surface area contributed by atoms with Crippen molar-refractivity contribution in [3.8, 4) is 0 Å². The first-order valence-corrected chi connectivity index (χ1v) is 7.22. The standard InChI is InChI=1S/C11H11FN4O4S/c12-8-3-9(5-13-4-8)21(19,20)15-1-2-16-6-10(11(17)18)14-7-16/h3-7,15H,1-2H2,(H,17,18). The zero-order chi connectivity index (χ0) is 15.5. The molecule has 0 aliphatic rings. The van der Waals surface area contributed by atoms with E-state index in [4.69, 9.17) is 5.11 Å². The van der Waals surface area contributed by atoms with Crippen molar-refractivity contribution in [1.29, 1.82) is 0 Å². The van der Waals surface area contributed by atoms with E-state index in [1.807, 2.05) is 0 Å². The molecule has 0 radical (unpaired) electrons. The molecule has 0 bridgehead atoms. The lowest BCUT2D eigenvalue weighted by Gasteiger charge is -2.06. The number of imidazole rings is 1. The zero-order valence-electron chi connectivity index (χ0n) is 10.6. The van der Waals surface area contributed by atoms with Gasteiger partial charge in [0.25, 0.3) is 0 Å². The topological polar surface area (TPSA) is 114 Å². The molecular weight excluding hydrogens is 303 g/mol. The highest BCUT2D eigenvalue weighted by atomic mass is 32.2. The van der Waals surface area contributed by atoms with E-state index < -0.39 is 21.8 Å². The predicted molar refractivity (Wildman–Crippen MR) is 68.6 cm³/mol. The number of hydrogen-bond donors (Lipinski definition) is 2. The minimum atomic E-state index is -3.87. The maximum absolute atomic E-state index is 12.9. The van der Waals surface area contributed by atoms with Crippen LogP contribution in [-0.4, -0.2) is 40.6 Å². The van der Waals surface area contributed by atoms with Crippen molar-refractivity contribution >= 4 is 16.0 Å². The number of carbonyl (C=O) groups is 1. The van der Waals surface area contributed by atoms with Crippen LogP contribution in [-0.2, 0) is 16.6 Å². The average molecular weight is 314 g/mol. The van der Waals surface area contributed by atoms with Gasteiger partial charge in [-0.3, -0.25) is 4.98 Å². The monoisotopic (exact) mass is 314 g/mol. The van der Waals surface area contributed by atoms with Crippen LogP contribution in [0.15, 0.2) is 35.9 Å². The van der Waals surface area contributed by atoms with Gasteiger partial charge >= 0.3 is 5.97 Å². The lowest BCUT2D eigenvalue weighted by atomic mass is 10.5. The Morgan fingerprint density at radius 3 is 2.81 bits per heavy atom. The Morgan fingerprint density at radius 2 is 2.19 bits per heavy atom. The fourth-order valence-electron chi connectivity index (χ4n) is 1.52. The molecule has 2 aromatic rings. The van der Waals surface area contributed by atoms with Gasteiger partial charge in [-0.25, -0.2) is 27.3 Å². The van der Waals surface area contributed by atoms with Gasteiger partial charge in [0, 0.05) is 25.5 Å². The van der Waals surface area contributed by atoms with Crippen molar-refractivity contribution in [3.05, 3.63) is 42.5 Å². The number of halogens is 1. The smallest absolute Gasteiger partial charge is 0.356 e. The van der Waals surface area contributed by atoms with E-state index in [1.54, 1.807) is 0 Å². The highest BCUT2D eigenvalue weighted by Crippen LogP contribution is 2.08. The van der Waals surface area contributed by atoms with Crippen molar-refractivity contribution in [2.45, 2.75) is 11.4 Å². The number of nitrogens with one attached hydrogen (secondary N) is 1. The van der Waals surface area contributed by atoms with Crippen molar-refractivity contribution in [1.82, 2.24) is 19.3 Å². The number of aromatic nitrogens is 3. The number of rotatable bonds is 6. The first kappa shape index (κ1) is 15.1. The Hall–Kier alpha value is -2.33. The van der Waals surface area contributed by atoms with Gasteiger partial charge < -0.3 is 9.67 Å². The second-order valence-electron chi connectivity index (χ2n) is 4.04. The van der Waals surface area contributed by atoms with Crippen LogP contribution in [0.5, 0.6) is 0 Å². The molecule has 0 spiro atoms. The Kier molecular flexibility index (Phi) is 4.29. The molecule has 2 N–H and O–H groups in total. The summed E-state index contributed by atoms with van der Waals surface area (Å²) in [6, 6.07) is 0.856. The van der Waals surface area contributed by atoms with Gasteiger partial charge in [0.2, 0.25) is 10.0 Å². The maximum atomic E-state index is 12.9. The summed E-state index contributed by atoms with van der Waals surface area (Å²) in [5.41, 5.74) is -0.132. The average Bonchev–Trinajstić information content (AvgIpc) is 2.87. The Balaban J connectivity index is 1.97. The Labute approximate surface area is 119 Å². The number of sulfonamides is 1. The van der Waals surface area contributed by atoms with Crippen molar-refractivity contribution < 1.29 is 22.7 Å². The molecule has 0 atom stereocenters. The van der Waals surface area contributed by atoms with Gasteiger partial charge in [0.05, 0.1) is 12.5 Å². The van der Waals surface area contributed by atoms with E-state index in [-0.39, 0.29) is 23.7 Å². The van der Waals surface area contributed by atoms with Gasteiger partial charge in [0.15, 0.2) is 5.69 Å². The molecule has 2 heterocycles. The van der Waals surface area contributed by atoms with Crippen molar-refractivity contribution in [2.24, 2.45) is 0 Å². The molecule has 0 unspecified atom stereocenters. The second kappa shape index (κ2) is 5.97. The van der Waals surface area contributed by atoms with E-state index in [0.717, 1.165) is 18.5 Å². The van der Waals surface area contributed by atoms with Gasteiger partial charge in [-0.15, -0.1) is 0 Å². The van der Waals surface area contributed by atoms with E-state index in [2.05, 4.69) is 14.7 Å². The molecule has 10 heteroatoms. The summed E-state index contributed by atoms with van der Waals surface area (Å²) in [5.74, 6) is -1.92. The van der Waals surface area contributed by atoms with Crippen LogP contribution in [0, 0.1) is 5.82 Å². The van der Waals surface area contributed by atoms with Gasteiger partial charge in [-0.2, -0.15) is 0 Å². The molecule has 0 aliphatic carbocycles. The largest absolute Gasteiger partial charge is 0.476 e. The summed E-state index contributed by atoms with van der Waals surface area (Å²) in [5, 5.41) is 8.70. The fourth-order valence-corrected chi connectivity index (χ4v) is 2.52. The fraction of sp³-hybridized carbons (Fsp3) is 0.182. The summed E-state index contributed by atoms with van der Waals surface area (Å²) >= 11 is 0. The second-order valence-corrected chi connectivity index (χ2v) is 5.81. The SMILES string of the molecule is O=C(O)c1cn(CCNS(=O)(=O)c2cncc(F)c2)cn1. The van der Waals surface area contributed by atoms with Crippen LogP contribution in [0.1, 0.15) is 10.5 Å². The number of hydrogen-bond acceptors (Lipinski definition) is 5. The summed E-state index contributed by atoms with van der Waals surface area (Å²) < 4.78 is 40.3. The first-order chi connectivity index (χ1) is 9.88. The molecule has 0 aliphatic heterocycles. The third-order valence-electron chi connectivity index (χ3n) is 2.50. The highest BCUT2D eigenvalue weighted by molar-refractivity contribution is 7.89. The third-order valence-corrected chi connectivity index (χ3v) is 3.93. The summed E-state index contributed by atoms with van der Waals surface area (Å²) in [7, 11) is -3.87. The van der Waals surface area contributed by atoms with Crippen LogP contribution in [0.4, 0.5) is 4.39 Å².